The van der Waals surface area contributed by atoms with Gasteiger partial charge in [0.1, 0.15) is 0 Å². The summed E-state index contributed by atoms with van der Waals surface area (Å²) < 4.78 is 31.5. The molecule has 0 aliphatic carbocycles. The van der Waals surface area contributed by atoms with Gasteiger partial charge < -0.3 is 10.1 Å². The lowest BCUT2D eigenvalue weighted by Gasteiger charge is -2.08. The van der Waals surface area contributed by atoms with E-state index in [-0.39, 0.29) is 22.9 Å². The van der Waals surface area contributed by atoms with E-state index in [4.69, 9.17) is 4.74 Å². The Balaban J connectivity index is 2.78. The van der Waals surface area contributed by atoms with E-state index in [0.717, 1.165) is 0 Å². The monoisotopic (exact) mass is 312 g/mol. The predicted octanol–water partition coefficient (Wildman–Crippen LogP) is 0.917. The molecule has 2 N–H and O–H groups in total. The van der Waals surface area contributed by atoms with Gasteiger partial charge in [0.15, 0.2) is 0 Å². The molecule has 0 saturated carbocycles. The van der Waals surface area contributed by atoms with Gasteiger partial charge in [-0.3, -0.25) is 4.79 Å². The Morgan fingerprint density at radius 1 is 1.43 bits per heavy atom. The Bertz CT molecular complexity index is 584. The van der Waals surface area contributed by atoms with Crippen molar-refractivity contribution in [3.63, 3.8) is 0 Å². The molecule has 1 amide bonds. The third-order valence-electron chi connectivity index (χ3n) is 2.63. The predicted molar refractivity (Wildman–Crippen MR) is 80.7 cm³/mol. The average Bonchev–Trinajstić information content (AvgIpc) is 2.49. The molecule has 0 atom stereocenters. The second-order valence-corrected chi connectivity index (χ2v) is 6.04. The topological polar surface area (TPSA) is 84.5 Å². The number of carbonyl (C=O) groups excluding carboxylic acids is 1. The fourth-order valence-electron chi connectivity index (χ4n) is 1.58. The van der Waals surface area contributed by atoms with Crippen LogP contribution in [-0.2, 0) is 14.8 Å². The normalized spacial score (nSPS) is 11.1. The van der Waals surface area contributed by atoms with Gasteiger partial charge in [0, 0.05) is 32.4 Å². The van der Waals surface area contributed by atoms with Gasteiger partial charge in [-0.1, -0.05) is 12.1 Å². The Hall–Kier alpha value is -1.70. The third kappa shape index (κ3) is 5.66. The Morgan fingerprint density at radius 2 is 2.19 bits per heavy atom. The van der Waals surface area contributed by atoms with Crippen molar-refractivity contribution in [3.05, 3.63) is 42.5 Å². The molecule has 0 saturated heterocycles. The summed E-state index contributed by atoms with van der Waals surface area (Å²) in [6.45, 7) is 4.59. The van der Waals surface area contributed by atoms with Crippen LogP contribution in [0.1, 0.15) is 16.8 Å². The van der Waals surface area contributed by atoms with Gasteiger partial charge in [-0.25, -0.2) is 13.1 Å². The highest BCUT2D eigenvalue weighted by Gasteiger charge is 2.15. The van der Waals surface area contributed by atoms with E-state index in [1.54, 1.807) is 19.3 Å². The second-order valence-electron chi connectivity index (χ2n) is 4.27. The molecule has 0 bridgehead atoms. The first-order valence-electron chi connectivity index (χ1n) is 6.49. The smallest absolute Gasteiger partial charge is 0.251 e. The Kier molecular flexibility index (Phi) is 7.07. The van der Waals surface area contributed by atoms with Crippen molar-refractivity contribution < 1.29 is 17.9 Å². The van der Waals surface area contributed by atoms with Crippen molar-refractivity contribution in [2.75, 3.05) is 26.8 Å². The number of benzene rings is 1. The molecule has 1 aromatic rings. The van der Waals surface area contributed by atoms with E-state index >= 15 is 0 Å². The zero-order valence-electron chi connectivity index (χ0n) is 12.0. The van der Waals surface area contributed by atoms with Gasteiger partial charge in [0.05, 0.1) is 4.90 Å². The molecule has 7 heteroatoms. The van der Waals surface area contributed by atoms with Crippen molar-refractivity contribution in [2.45, 2.75) is 11.3 Å². The van der Waals surface area contributed by atoms with Gasteiger partial charge in [0.25, 0.3) is 5.91 Å². The molecule has 0 unspecified atom stereocenters. The summed E-state index contributed by atoms with van der Waals surface area (Å²) in [4.78, 5) is 11.9. The van der Waals surface area contributed by atoms with E-state index in [9.17, 15) is 13.2 Å². The zero-order chi connectivity index (χ0) is 15.7. The number of carbonyl (C=O) groups is 1. The number of rotatable bonds is 9. The fraction of sp³-hybridized carbons (Fsp3) is 0.357. The van der Waals surface area contributed by atoms with Crippen LogP contribution in [0.5, 0.6) is 0 Å². The van der Waals surface area contributed by atoms with Crippen LogP contribution in [0.2, 0.25) is 0 Å². The molecule has 1 rings (SSSR count). The molecular formula is C14H20N2O4S. The van der Waals surface area contributed by atoms with Crippen LogP contribution in [0.25, 0.3) is 0 Å². The lowest BCUT2D eigenvalue weighted by molar-refractivity contribution is 0.0958. The van der Waals surface area contributed by atoms with E-state index < -0.39 is 10.0 Å². The van der Waals surface area contributed by atoms with Crippen LogP contribution in [0.3, 0.4) is 0 Å². The maximum atomic E-state index is 12.1. The zero-order valence-corrected chi connectivity index (χ0v) is 12.8. The van der Waals surface area contributed by atoms with Crippen LogP contribution in [0, 0.1) is 0 Å². The van der Waals surface area contributed by atoms with Gasteiger partial charge in [-0.2, -0.15) is 0 Å². The minimum absolute atomic E-state index is 0.0613. The van der Waals surface area contributed by atoms with Crippen LogP contribution in [0.4, 0.5) is 0 Å². The van der Waals surface area contributed by atoms with Crippen molar-refractivity contribution in [1.29, 1.82) is 0 Å². The molecule has 0 radical (unpaired) electrons. The van der Waals surface area contributed by atoms with E-state index in [1.165, 1.54) is 18.2 Å². The minimum atomic E-state index is -3.62. The van der Waals surface area contributed by atoms with Gasteiger partial charge in [-0.15, -0.1) is 6.58 Å². The number of sulfonamides is 1. The SMILES string of the molecule is C=CCNC(=O)c1cccc(S(=O)(=O)NCCCOC)c1. The van der Waals surface area contributed by atoms with Crippen LogP contribution in [0.15, 0.2) is 41.8 Å². The minimum Gasteiger partial charge on any atom is -0.385 e. The first kappa shape index (κ1) is 17.4. The van der Waals surface area contributed by atoms with Gasteiger partial charge >= 0.3 is 0 Å². The van der Waals surface area contributed by atoms with Crippen LogP contribution >= 0.6 is 0 Å². The first-order valence-corrected chi connectivity index (χ1v) is 7.97. The van der Waals surface area contributed by atoms with Gasteiger partial charge in [-0.05, 0) is 24.6 Å². The van der Waals surface area contributed by atoms with E-state index in [1.807, 2.05) is 0 Å². The Morgan fingerprint density at radius 3 is 2.86 bits per heavy atom. The maximum Gasteiger partial charge on any atom is 0.251 e. The summed E-state index contributed by atoms with van der Waals surface area (Å²) in [5.41, 5.74) is 0.289. The number of hydrogen-bond donors (Lipinski definition) is 2. The highest BCUT2D eigenvalue weighted by molar-refractivity contribution is 7.89. The lowest BCUT2D eigenvalue weighted by atomic mass is 10.2. The molecule has 6 nitrogen and oxygen atoms in total. The molecule has 0 aliphatic rings. The van der Waals surface area contributed by atoms with E-state index in [2.05, 4.69) is 16.6 Å². The summed E-state index contributed by atoms with van der Waals surface area (Å²) in [5.74, 6) is -0.341. The number of ether oxygens (including phenoxy) is 1. The van der Waals surface area contributed by atoms with Crippen LogP contribution < -0.4 is 10.0 Å². The van der Waals surface area contributed by atoms with Crippen molar-refractivity contribution in [1.82, 2.24) is 10.0 Å². The molecule has 0 fully saturated rings. The number of amides is 1. The molecule has 0 aliphatic heterocycles. The highest BCUT2D eigenvalue weighted by Crippen LogP contribution is 2.11. The van der Waals surface area contributed by atoms with Crippen molar-refractivity contribution in [3.8, 4) is 0 Å². The molecule has 0 aromatic heterocycles. The standard InChI is InChI=1S/C14H20N2O4S/c1-3-8-15-14(17)12-6-4-7-13(11-12)21(18,19)16-9-5-10-20-2/h3-4,6-7,11,16H,1,5,8-10H2,2H3,(H,15,17). The largest absolute Gasteiger partial charge is 0.385 e. The lowest BCUT2D eigenvalue weighted by Crippen LogP contribution is -2.27. The molecule has 1 aromatic carbocycles. The van der Waals surface area contributed by atoms with Crippen molar-refractivity contribution >= 4 is 15.9 Å². The second kappa shape index (κ2) is 8.56. The fourth-order valence-corrected chi connectivity index (χ4v) is 2.70. The Labute approximate surface area is 125 Å². The summed E-state index contributed by atoms with van der Waals surface area (Å²) in [6, 6.07) is 5.88. The summed E-state index contributed by atoms with van der Waals surface area (Å²) in [7, 11) is -2.07. The number of hydrogen-bond acceptors (Lipinski definition) is 4. The average molecular weight is 312 g/mol. The maximum absolute atomic E-state index is 12.1. The quantitative estimate of drug-likeness (QED) is 0.524. The molecule has 0 spiro atoms. The van der Waals surface area contributed by atoms with E-state index in [0.29, 0.717) is 19.6 Å². The molecule has 0 heterocycles. The van der Waals surface area contributed by atoms with Gasteiger partial charge in [0.2, 0.25) is 10.0 Å². The number of methoxy groups -OCH3 is 1. The molecule has 116 valence electrons. The summed E-state index contributed by atoms with van der Waals surface area (Å²) >= 11 is 0. The third-order valence-corrected chi connectivity index (χ3v) is 4.09. The first-order chi connectivity index (χ1) is 10.0. The molecular weight excluding hydrogens is 292 g/mol. The van der Waals surface area contributed by atoms with Crippen LogP contribution in [-0.4, -0.2) is 41.1 Å². The number of nitrogens with one attached hydrogen (secondary N) is 2. The van der Waals surface area contributed by atoms with Crippen molar-refractivity contribution in [2.24, 2.45) is 0 Å². The summed E-state index contributed by atoms with van der Waals surface area (Å²) in [5, 5.41) is 2.60. The summed E-state index contributed by atoms with van der Waals surface area (Å²) in [6.07, 6.45) is 2.13. The highest BCUT2D eigenvalue weighted by atomic mass is 32.2. The molecule has 21 heavy (non-hydrogen) atoms.